The molecular weight excluding hydrogens is 311 g/mol. The molecular formula is C7H8Cl2N2O4S2. The van der Waals surface area contributed by atoms with Gasteiger partial charge in [-0.1, -0.05) is 11.6 Å². The molecule has 1 N–H and O–H groups in total. The third-order valence-electron chi connectivity index (χ3n) is 1.70. The van der Waals surface area contributed by atoms with E-state index in [4.69, 9.17) is 23.2 Å². The molecule has 0 spiro atoms. The van der Waals surface area contributed by atoms with Gasteiger partial charge in [-0.05, 0) is 6.92 Å². The zero-order valence-electron chi connectivity index (χ0n) is 8.51. The molecule has 0 aliphatic carbocycles. The van der Waals surface area contributed by atoms with Crippen LogP contribution >= 0.6 is 34.5 Å². The SMILES string of the molecule is CC(CCl)NS(=O)(=O)c1cc([N+](=O)[O-])c(Cl)s1. The van der Waals surface area contributed by atoms with Crippen LogP contribution in [0.25, 0.3) is 0 Å². The molecule has 1 aromatic heterocycles. The van der Waals surface area contributed by atoms with Crippen LogP contribution < -0.4 is 4.72 Å². The van der Waals surface area contributed by atoms with Crippen LogP contribution in [0.5, 0.6) is 0 Å². The molecule has 10 heteroatoms. The van der Waals surface area contributed by atoms with Crippen LogP contribution in [0.2, 0.25) is 4.34 Å². The van der Waals surface area contributed by atoms with Gasteiger partial charge in [-0.15, -0.1) is 22.9 Å². The number of rotatable bonds is 5. The molecule has 0 aromatic carbocycles. The topological polar surface area (TPSA) is 89.3 Å². The first kappa shape index (κ1) is 14.7. The number of halogens is 2. The van der Waals surface area contributed by atoms with Gasteiger partial charge in [0.1, 0.15) is 4.21 Å². The summed E-state index contributed by atoms with van der Waals surface area (Å²) in [7, 11) is -3.81. The van der Waals surface area contributed by atoms with Gasteiger partial charge < -0.3 is 0 Å². The minimum absolute atomic E-state index is 0.0976. The van der Waals surface area contributed by atoms with Crippen molar-refractivity contribution in [1.82, 2.24) is 4.72 Å². The first-order valence-electron chi connectivity index (χ1n) is 4.30. The Morgan fingerprint density at radius 3 is 2.65 bits per heavy atom. The van der Waals surface area contributed by atoms with E-state index >= 15 is 0 Å². The number of nitrogens with one attached hydrogen (secondary N) is 1. The van der Waals surface area contributed by atoms with Crippen molar-refractivity contribution in [3.8, 4) is 0 Å². The van der Waals surface area contributed by atoms with Gasteiger partial charge in [0.2, 0.25) is 0 Å². The molecule has 17 heavy (non-hydrogen) atoms. The zero-order chi connectivity index (χ0) is 13.2. The fourth-order valence-corrected chi connectivity index (χ4v) is 4.04. The number of thiophene rings is 1. The third kappa shape index (κ3) is 3.52. The van der Waals surface area contributed by atoms with Gasteiger partial charge >= 0.3 is 0 Å². The summed E-state index contributed by atoms with van der Waals surface area (Å²) in [6, 6.07) is 0.456. The highest BCUT2D eigenvalue weighted by Gasteiger charge is 2.26. The van der Waals surface area contributed by atoms with Gasteiger partial charge in [0.05, 0.1) is 4.92 Å². The van der Waals surface area contributed by atoms with E-state index in [0.717, 1.165) is 6.07 Å². The molecule has 0 saturated carbocycles. The minimum atomic E-state index is -3.81. The Morgan fingerprint density at radius 1 is 1.65 bits per heavy atom. The van der Waals surface area contributed by atoms with Crippen molar-refractivity contribution in [1.29, 1.82) is 0 Å². The van der Waals surface area contributed by atoms with Crippen LogP contribution in [0, 0.1) is 10.1 Å². The van der Waals surface area contributed by atoms with Gasteiger partial charge in [0.15, 0.2) is 4.34 Å². The Bertz CT molecular complexity index is 528. The second-order valence-electron chi connectivity index (χ2n) is 3.16. The fraction of sp³-hybridized carbons (Fsp3) is 0.429. The van der Waals surface area contributed by atoms with Crippen LogP contribution in [0.1, 0.15) is 6.92 Å². The second kappa shape index (κ2) is 5.49. The summed E-state index contributed by atoms with van der Waals surface area (Å²) in [5.74, 6) is 0.0976. The van der Waals surface area contributed by atoms with Crippen molar-refractivity contribution in [2.75, 3.05) is 5.88 Å². The molecule has 96 valence electrons. The Hall–Kier alpha value is -0.410. The second-order valence-corrected chi connectivity index (χ2v) is 7.06. The van der Waals surface area contributed by atoms with Gasteiger partial charge in [0.25, 0.3) is 15.7 Å². The lowest BCUT2D eigenvalue weighted by atomic mass is 10.4. The highest BCUT2D eigenvalue weighted by atomic mass is 35.5. The average molecular weight is 319 g/mol. The summed E-state index contributed by atoms with van der Waals surface area (Å²) in [5.41, 5.74) is -0.421. The molecule has 0 fully saturated rings. The highest BCUT2D eigenvalue weighted by molar-refractivity contribution is 7.91. The number of hydrogen-bond acceptors (Lipinski definition) is 5. The maximum atomic E-state index is 11.7. The Labute approximate surface area is 112 Å². The van der Waals surface area contributed by atoms with E-state index in [9.17, 15) is 18.5 Å². The van der Waals surface area contributed by atoms with Crippen LogP contribution in [0.3, 0.4) is 0 Å². The average Bonchev–Trinajstić information content (AvgIpc) is 2.60. The molecule has 0 bridgehead atoms. The molecule has 0 radical (unpaired) electrons. The summed E-state index contributed by atoms with van der Waals surface area (Å²) < 4.78 is 25.4. The molecule has 1 heterocycles. The van der Waals surface area contributed by atoms with Crippen molar-refractivity contribution in [2.45, 2.75) is 17.2 Å². The van der Waals surface area contributed by atoms with Crippen molar-refractivity contribution >= 4 is 50.2 Å². The van der Waals surface area contributed by atoms with Gasteiger partial charge in [-0.25, -0.2) is 13.1 Å². The number of nitrogens with zero attached hydrogens (tertiary/aromatic N) is 1. The van der Waals surface area contributed by atoms with Crippen LogP contribution in [0.15, 0.2) is 10.3 Å². The summed E-state index contributed by atoms with van der Waals surface area (Å²) in [4.78, 5) is 9.80. The smallest absolute Gasteiger partial charge is 0.258 e. The van der Waals surface area contributed by atoms with Gasteiger partial charge in [0, 0.05) is 18.0 Å². The van der Waals surface area contributed by atoms with E-state index in [0.29, 0.717) is 11.3 Å². The Morgan fingerprint density at radius 2 is 2.24 bits per heavy atom. The molecule has 0 aliphatic heterocycles. The molecule has 1 aromatic rings. The van der Waals surface area contributed by atoms with E-state index in [1.165, 1.54) is 0 Å². The fourth-order valence-electron chi connectivity index (χ4n) is 0.950. The summed E-state index contributed by atoms with van der Waals surface area (Å²) in [6.07, 6.45) is 0. The number of sulfonamides is 1. The molecule has 0 amide bonds. The standard InChI is InChI=1S/C7H8Cl2N2O4S2/c1-4(3-8)10-17(14,15)6-2-5(11(12)13)7(9)16-6/h2,4,10H,3H2,1H3. The van der Waals surface area contributed by atoms with E-state index in [2.05, 4.69) is 4.72 Å². The quantitative estimate of drug-likeness (QED) is 0.512. The van der Waals surface area contributed by atoms with E-state index < -0.39 is 26.7 Å². The maximum Gasteiger partial charge on any atom is 0.300 e. The van der Waals surface area contributed by atoms with E-state index in [-0.39, 0.29) is 14.4 Å². The Kier molecular flexibility index (Phi) is 4.73. The number of alkyl halides is 1. The van der Waals surface area contributed by atoms with E-state index in [1.54, 1.807) is 6.92 Å². The van der Waals surface area contributed by atoms with Crippen molar-refractivity contribution in [3.05, 3.63) is 20.5 Å². The van der Waals surface area contributed by atoms with Crippen molar-refractivity contribution in [2.24, 2.45) is 0 Å². The summed E-state index contributed by atoms with van der Waals surface area (Å²) >= 11 is 11.7. The summed E-state index contributed by atoms with van der Waals surface area (Å²) in [5, 5.41) is 10.5. The highest BCUT2D eigenvalue weighted by Crippen LogP contribution is 2.36. The lowest BCUT2D eigenvalue weighted by molar-refractivity contribution is -0.384. The number of hydrogen-bond donors (Lipinski definition) is 1. The van der Waals surface area contributed by atoms with Crippen LogP contribution in [-0.4, -0.2) is 25.3 Å². The molecule has 1 unspecified atom stereocenters. The zero-order valence-corrected chi connectivity index (χ0v) is 11.7. The van der Waals surface area contributed by atoms with Crippen molar-refractivity contribution < 1.29 is 13.3 Å². The van der Waals surface area contributed by atoms with Crippen molar-refractivity contribution in [3.63, 3.8) is 0 Å². The molecule has 1 atom stereocenters. The van der Waals surface area contributed by atoms with E-state index in [1.807, 2.05) is 0 Å². The minimum Gasteiger partial charge on any atom is -0.258 e. The van der Waals surface area contributed by atoms with Gasteiger partial charge in [-0.3, -0.25) is 10.1 Å². The largest absolute Gasteiger partial charge is 0.300 e. The van der Waals surface area contributed by atoms with Gasteiger partial charge in [-0.2, -0.15) is 0 Å². The first-order chi connectivity index (χ1) is 7.77. The first-order valence-corrected chi connectivity index (χ1v) is 7.51. The van der Waals surface area contributed by atoms with Crippen LogP contribution in [0.4, 0.5) is 5.69 Å². The summed E-state index contributed by atoms with van der Waals surface area (Å²) in [6.45, 7) is 1.58. The Balaban J connectivity index is 3.08. The molecule has 0 aliphatic rings. The third-order valence-corrected chi connectivity index (χ3v) is 5.56. The van der Waals surface area contributed by atoms with Crippen LogP contribution in [-0.2, 0) is 10.0 Å². The predicted molar refractivity (Wildman–Crippen MR) is 66.5 cm³/mol. The normalized spacial score (nSPS) is 13.6. The molecule has 1 rings (SSSR count). The molecule has 0 saturated heterocycles. The monoisotopic (exact) mass is 318 g/mol. The molecule has 6 nitrogen and oxygen atoms in total. The number of nitro groups is 1. The lowest BCUT2D eigenvalue weighted by Gasteiger charge is -2.08. The maximum absolute atomic E-state index is 11.7. The lowest BCUT2D eigenvalue weighted by Crippen LogP contribution is -2.33. The predicted octanol–water partition coefficient (Wildman–Crippen LogP) is 2.22.